The first-order valence-electron chi connectivity index (χ1n) is 12.5. The van der Waals surface area contributed by atoms with Crippen LogP contribution in [0, 0.1) is 0 Å². The summed E-state index contributed by atoms with van der Waals surface area (Å²) in [5, 5.41) is 6.99. The van der Waals surface area contributed by atoms with Gasteiger partial charge in [-0.15, -0.1) is 0 Å². The molecule has 1 aliphatic heterocycles. The average molecular weight is 520 g/mol. The molecule has 2 atom stereocenters. The largest absolute Gasteiger partial charge is 0.365 e. The van der Waals surface area contributed by atoms with Crippen molar-refractivity contribution < 1.29 is 9.59 Å². The first kappa shape index (κ1) is 25.0. The number of nitrogens with two attached hydrogens (primary N) is 2. The lowest BCUT2D eigenvalue weighted by molar-refractivity contribution is 0.0734. The molecule has 5 rings (SSSR count). The lowest BCUT2D eigenvalue weighted by Crippen LogP contribution is -2.43. The Balaban J connectivity index is 1.36. The van der Waals surface area contributed by atoms with Gasteiger partial charge in [-0.25, -0.2) is 4.98 Å². The van der Waals surface area contributed by atoms with Gasteiger partial charge in [-0.2, -0.15) is 4.98 Å². The van der Waals surface area contributed by atoms with Crippen LogP contribution in [0.1, 0.15) is 57.5 Å². The standard InChI is InChI=1S/C27H30ClN7O2/c28-21-6-2-1-5-19(21)26(37)35-12-11-16-9-10-18(13-17(16)15-35)32-25-20(24(30)36)14-31-27(34-25)33-23-8-4-3-7-22(23)29/h1-2,5-6,9-10,13-14,22-23H,3-4,7-8,11-12,15,29H2,(H2,30,36)(H2,31,32,33,34)/t22-,23+/m0/s1. The summed E-state index contributed by atoms with van der Waals surface area (Å²) in [4.78, 5) is 35.8. The minimum atomic E-state index is -0.627. The fraction of sp³-hybridized carbons (Fsp3) is 0.333. The lowest BCUT2D eigenvalue weighted by atomic mass is 9.91. The van der Waals surface area contributed by atoms with Gasteiger partial charge >= 0.3 is 0 Å². The van der Waals surface area contributed by atoms with Gasteiger partial charge in [-0.3, -0.25) is 9.59 Å². The molecule has 0 unspecified atom stereocenters. The Hall–Kier alpha value is -3.69. The SMILES string of the molecule is NC(=O)c1cnc(N[C@@H]2CCCC[C@@H]2N)nc1Nc1ccc2c(c1)CN(C(=O)c1ccccc1Cl)CC2. The van der Waals surface area contributed by atoms with Gasteiger partial charge in [0, 0.05) is 37.1 Å². The first-order valence-corrected chi connectivity index (χ1v) is 12.9. The van der Waals surface area contributed by atoms with E-state index < -0.39 is 5.91 Å². The van der Waals surface area contributed by atoms with Crippen molar-refractivity contribution in [3.63, 3.8) is 0 Å². The maximum atomic E-state index is 13.1. The highest BCUT2D eigenvalue weighted by atomic mass is 35.5. The summed E-state index contributed by atoms with van der Waals surface area (Å²) < 4.78 is 0. The lowest BCUT2D eigenvalue weighted by Gasteiger charge is -2.30. The maximum absolute atomic E-state index is 13.1. The average Bonchev–Trinajstić information content (AvgIpc) is 2.89. The second-order valence-electron chi connectivity index (χ2n) is 9.58. The van der Waals surface area contributed by atoms with Gasteiger partial charge in [-0.1, -0.05) is 42.6 Å². The van der Waals surface area contributed by atoms with E-state index in [9.17, 15) is 9.59 Å². The highest BCUT2D eigenvalue weighted by molar-refractivity contribution is 6.33. The molecule has 37 heavy (non-hydrogen) atoms. The number of nitrogens with one attached hydrogen (secondary N) is 2. The van der Waals surface area contributed by atoms with E-state index in [4.69, 9.17) is 23.1 Å². The summed E-state index contributed by atoms with van der Waals surface area (Å²) in [7, 11) is 0. The Morgan fingerprint density at radius 2 is 1.86 bits per heavy atom. The molecule has 0 saturated heterocycles. The number of carbonyl (C=O) groups excluding carboxylic acids is 2. The van der Waals surface area contributed by atoms with Crippen LogP contribution in [0.3, 0.4) is 0 Å². The molecular weight excluding hydrogens is 490 g/mol. The van der Waals surface area contributed by atoms with E-state index in [0.29, 0.717) is 35.4 Å². The number of rotatable bonds is 6. The number of hydrogen-bond donors (Lipinski definition) is 4. The van der Waals surface area contributed by atoms with E-state index in [1.165, 1.54) is 11.8 Å². The van der Waals surface area contributed by atoms with Crippen molar-refractivity contribution in [2.45, 2.75) is 50.7 Å². The molecule has 0 radical (unpaired) electrons. The minimum absolute atomic E-state index is 0.0293. The number of aromatic nitrogens is 2. The quantitative estimate of drug-likeness (QED) is 0.388. The van der Waals surface area contributed by atoms with E-state index in [-0.39, 0.29) is 23.6 Å². The van der Waals surface area contributed by atoms with Crippen LogP contribution in [0.4, 0.5) is 17.5 Å². The van der Waals surface area contributed by atoms with Crippen molar-refractivity contribution in [2.75, 3.05) is 17.2 Å². The molecule has 1 aliphatic carbocycles. The predicted molar refractivity (Wildman–Crippen MR) is 144 cm³/mol. The molecule has 9 nitrogen and oxygen atoms in total. The number of anilines is 3. The Kier molecular flexibility index (Phi) is 7.25. The van der Waals surface area contributed by atoms with Crippen LogP contribution in [0.25, 0.3) is 0 Å². The predicted octanol–water partition coefficient (Wildman–Crippen LogP) is 3.85. The molecule has 2 amide bonds. The summed E-state index contributed by atoms with van der Waals surface area (Å²) in [6.07, 6.45) is 6.28. The topological polar surface area (TPSA) is 139 Å². The van der Waals surface area contributed by atoms with Crippen molar-refractivity contribution >= 4 is 40.9 Å². The first-order chi connectivity index (χ1) is 17.9. The fourth-order valence-corrected chi connectivity index (χ4v) is 5.20. The zero-order chi connectivity index (χ0) is 25.9. The van der Waals surface area contributed by atoms with Gasteiger partial charge in [0.25, 0.3) is 11.8 Å². The van der Waals surface area contributed by atoms with Gasteiger partial charge in [0.2, 0.25) is 5.95 Å². The molecular formula is C27H30ClN7O2. The molecule has 3 aromatic rings. The highest BCUT2D eigenvalue weighted by Gasteiger charge is 2.25. The van der Waals surface area contributed by atoms with E-state index in [2.05, 4.69) is 20.6 Å². The number of benzene rings is 2. The minimum Gasteiger partial charge on any atom is -0.365 e. The van der Waals surface area contributed by atoms with Crippen LogP contribution >= 0.6 is 11.6 Å². The van der Waals surface area contributed by atoms with E-state index >= 15 is 0 Å². The van der Waals surface area contributed by atoms with Crippen LogP contribution in [0.2, 0.25) is 5.02 Å². The van der Waals surface area contributed by atoms with Crippen molar-refractivity contribution in [1.82, 2.24) is 14.9 Å². The molecule has 2 aromatic carbocycles. The molecule has 1 saturated carbocycles. The van der Waals surface area contributed by atoms with Crippen LogP contribution in [-0.4, -0.2) is 45.3 Å². The van der Waals surface area contributed by atoms with E-state index in [0.717, 1.165) is 43.4 Å². The van der Waals surface area contributed by atoms with Crippen LogP contribution < -0.4 is 22.1 Å². The molecule has 0 spiro atoms. The number of halogens is 1. The number of primary amides is 1. The van der Waals surface area contributed by atoms with Crippen LogP contribution in [0.5, 0.6) is 0 Å². The van der Waals surface area contributed by atoms with E-state index in [1.54, 1.807) is 23.1 Å². The Labute approximate surface area is 220 Å². The third kappa shape index (κ3) is 5.52. The Morgan fingerprint density at radius 3 is 2.65 bits per heavy atom. The van der Waals surface area contributed by atoms with Gasteiger partial charge in [0.05, 0.1) is 10.6 Å². The number of carbonyl (C=O) groups is 2. The molecule has 2 heterocycles. The van der Waals surface area contributed by atoms with Crippen molar-refractivity contribution in [1.29, 1.82) is 0 Å². The number of nitrogens with zero attached hydrogens (tertiary/aromatic N) is 3. The molecule has 10 heteroatoms. The number of amides is 2. The van der Waals surface area contributed by atoms with Crippen LogP contribution in [0.15, 0.2) is 48.7 Å². The fourth-order valence-electron chi connectivity index (χ4n) is 4.98. The van der Waals surface area contributed by atoms with Crippen molar-refractivity contribution in [3.8, 4) is 0 Å². The van der Waals surface area contributed by atoms with Crippen LogP contribution in [-0.2, 0) is 13.0 Å². The number of hydrogen-bond acceptors (Lipinski definition) is 7. The summed E-state index contributed by atoms with van der Waals surface area (Å²) in [5.41, 5.74) is 15.5. The molecule has 1 fully saturated rings. The molecule has 192 valence electrons. The third-order valence-electron chi connectivity index (χ3n) is 7.06. The summed E-state index contributed by atoms with van der Waals surface area (Å²) in [6, 6.07) is 13.1. The van der Waals surface area contributed by atoms with E-state index in [1.807, 2.05) is 24.3 Å². The maximum Gasteiger partial charge on any atom is 0.255 e. The second-order valence-corrected chi connectivity index (χ2v) is 9.99. The van der Waals surface area contributed by atoms with Crippen molar-refractivity contribution in [2.24, 2.45) is 11.5 Å². The highest BCUT2D eigenvalue weighted by Crippen LogP contribution is 2.28. The summed E-state index contributed by atoms with van der Waals surface area (Å²) in [6.45, 7) is 1.06. The molecule has 2 aliphatic rings. The monoisotopic (exact) mass is 519 g/mol. The molecule has 6 N–H and O–H groups in total. The van der Waals surface area contributed by atoms with Gasteiger partial charge in [0.1, 0.15) is 11.4 Å². The third-order valence-corrected chi connectivity index (χ3v) is 7.39. The zero-order valence-corrected chi connectivity index (χ0v) is 21.2. The van der Waals surface area contributed by atoms with Gasteiger partial charge in [0.15, 0.2) is 0 Å². The Bertz CT molecular complexity index is 1330. The van der Waals surface area contributed by atoms with Crippen molar-refractivity contribution in [3.05, 3.63) is 75.9 Å². The summed E-state index contributed by atoms with van der Waals surface area (Å²) >= 11 is 6.26. The van der Waals surface area contributed by atoms with Gasteiger partial charge in [-0.05, 0) is 54.7 Å². The Morgan fingerprint density at radius 1 is 1.05 bits per heavy atom. The number of fused-ring (bicyclic) bond motifs is 1. The summed E-state index contributed by atoms with van der Waals surface area (Å²) in [5.74, 6) is -0.0191. The normalized spacial score (nSPS) is 19.1. The molecule has 1 aromatic heterocycles. The zero-order valence-electron chi connectivity index (χ0n) is 20.4. The smallest absolute Gasteiger partial charge is 0.255 e. The van der Waals surface area contributed by atoms with Gasteiger partial charge < -0.3 is 27.0 Å². The second kappa shape index (κ2) is 10.7. The molecule has 0 bridgehead atoms.